The molecule has 35 heavy (non-hydrogen) atoms. The van der Waals surface area contributed by atoms with E-state index in [1.54, 1.807) is 31.5 Å². The third-order valence-electron chi connectivity index (χ3n) is 5.12. The fourth-order valence-corrected chi connectivity index (χ4v) is 3.39. The molecule has 4 rings (SSSR count). The van der Waals surface area contributed by atoms with Gasteiger partial charge < -0.3 is 19.2 Å². The molecule has 0 radical (unpaired) electrons. The number of ketones is 1. The number of aliphatic hydroxyl groups is 1. The van der Waals surface area contributed by atoms with Crippen LogP contribution in [-0.4, -0.2) is 23.0 Å². The molecular weight excluding hydrogens is 625 g/mol. The van der Waals surface area contributed by atoms with Crippen molar-refractivity contribution in [1.82, 2.24) is 4.98 Å². The minimum Gasteiger partial charge on any atom is -0.512 e. The number of aromatic nitrogens is 1. The van der Waals surface area contributed by atoms with Crippen LogP contribution in [0, 0.1) is 6.07 Å². The SMILES string of the molecule is CC(=O)C=C(C)O.COc1ccnc(-c2[c-]cc3oc4ccc(C(C)(C)C)cc4c(=O)c3c2)c1.[Pt]. The maximum Gasteiger partial charge on any atom is 0.182 e. The standard InChI is InChI=1S/C23H20NO3.C5H8O2.Pt/c1-23(2,3)15-6-8-21-18(12-15)22(25)17-11-14(5-7-20(17)27-21)19-13-16(26-4)9-10-24-19;1-4(6)3-5(2)7;/h6-13H,1-4H3;3,6H,1-2H3;/q-1;;. The first-order valence-corrected chi connectivity index (χ1v) is 10.8. The summed E-state index contributed by atoms with van der Waals surface area (Å²) in [4.78, 5) is 27.5. The Morgan fingerprint density at radius 1 is 1.09 bits per heavy atom. The minimum atomic E-state index is -0.125. The van der Waals surface area contributed by atoms with Crippen LogP contribution < -0.4 is 10.2 Å². The van der Waals surface area contributed by atoms with Crippen molar-refractivity contribution in [1.29, 1.82) is 0 Å². The number of rotatable bonds is 3. The molecule has 0 bridgehead atoms. The molecule has 2 aromatic carbocycles. The quantitative estimate of drug-likeness (QED) is 0.124. The summed E-state index contributed by atoms with van der Waals surface area (Å²) in [7, 11) is 1.61. The van der Waals surface area contributed by atoms with Gasteiger partial charge in [0.15, 0.2) is 11.2 Å². The topological polar surface area (TPSA) is 89.6 Å². The molecule has 0 saturated carbocycles. The van der Waals surface area contributed by atoms with Crippen molar-refractivity contribution in [3.8, 4) is 17.0 Å². The molecule has 186 valence electrons. The summed E-state index contributed by atoms with van der Waals surface area (Å²) in [6.45, 7) is 9.22. The van der Waals surface area contributed by atoms with E-state index in [4.69, 9.17) is 14.3 Å². The van der Waals surface area contributed by atoms with Gasteiger partial charge in [-0.05, 0) is 60.2 Å². The monoisotopic (exact) mass is 653 g/mol. The Bertz CT molecular complexity index is 1440. The Labute approximate surface area is 218 Å². The number of fused-ring (bicyclic) bond motifs is 2. The normalized spacial score (nSPS) is 11.4. The second-order valence-corrected chi connectivity index (χ2v) is 8.99. The molecule has 0 saturated heterocycles. The summed E-state index contributed by atoms with van der Waals surface area (Å²) in [6.07, 6.45) is 2.84. The Morgan fingerprint density at radius 2 is 1.77 bits per heavy atom. The number of nitrogens with zero attached hydrogens (tertiary/aromatic N) is 1. The molecule has 0 amide bonds. The van der Waals surface area contributed by atoms with Crippen molar-refractivity contribution in [2.45, 2.75) is 40.0 Å². The second kappa shape index (κ2) is 11.5. The van der Waals surface area contributed by atoms with Crippen LogP contribution in [0.1, 0.15) is 40.2 Å². The van der Waals surface area contributed by atoms with Crippen molar-refractivity contribution in [3.63, 3.8) is 0 Å². The van der Waals surface area contributed by atoms with E-state index in [0.717, 1.165) is 11.1 Å². The molecule has 0 unspecified atom stereocenters. The van der Waals surface area contributed by atoms with Crippen molar-refractivity contribution in [3.05, 3.63) is 82.3 Å². The summed E-state index contributed by atoms with van der Waals surface area (Å²) in [5, 5.41) is 9.47. The first-order valence-electron chi connectivity index (χ1n) is 10.8. The van der Waals surface area contributed by atoms with Crippen molar-refractivity contribution >= 4 is 27.7 Å². The van der Waals surface area contributed by atoms with E-state index in [0.29, 0.717) is 33.4 Å². The first-order chi connectivity index (χ1) is 16.0. The van der Waals surface area contributed by atoms with Crippen LogP contribution in [-0.2, 0) is 31.3 Å². The number of methoxy groups -OCH3 is 1. The van der Waals surface area contributed by atoms with Crippen LogP contribution in [0.3, 0.4) is 0 Å². The molecule has 0 aliphatic rings. The molecule has 0 aliphatic carbocycles. The molecule has 0 aliphatic heterocycles. The van der Waals surface area contributed by atoms with Gasteiger partial charge >= 0.3 is 0 Å². The zero-order valence-corrected chi connectivity index (χ0v) is 22.8. The van der Waals surface area contributed by atoms with Gasteiger partial charge in [-0.2, -0.15) is 0 Å². The van der Waals surface area contributed by atoms with Gasteiger partial charge in [0.1, 0.15) is 11.3 Å². The number of benzene rings is 2. The molecule has 6 nitrogen and oxygen atoms in total. The zero-order valence-electron chi connectivity index (χ0n) is 20.5. The summed E-state index contributed by atoms with van der Waals surface area (Å²) in [6, 6.07) is 16.0. The smallest absolute Gasteiger partial charge is 0.182 e. The van der Waals surface area contributed by atoms with E-state index in [1.807, 2.05) is 24.3 Å². The van der Waals surface area contributed by atoms with E-state index in [9.17, 15) is 9.59 Å². The van der Waals surface area contributed by atoms with Gasteiger partial charge in [0.2, 0.25) is 0 Å². The third kappa shape index (κ3) is 6.89. The number of aliphatic hydroxyl groups excluding tert-OH is 1. The van der Waals surface area contributed by atoms with E-state index >= 15 is 0 Å². The Balaban J connectivity index is 0.000000476. The maximum atomic E-state index is 13.2. The predicted octanol–water partition coefficient (Wildman–Crippen LogP) is 6.15. The number of pyridine rings is 1. The van der Waals surface area contributed by atoms with Crippen molar-refractivity contribution in [2.24, 2.45) is 0 Å². The number of allylic oxidation sites excluding steroid dienone is 2. The second-order valence-electron chi connectivity index (χ2n) is 8.99. The largest absolute Gasteiger partial charge is 0.512 e. The zero-order chi connectivity index (χ0) is 25.0. The number of carbonyl (C=O) groups excluding carboxylic acids is 1. The number of hydrogen-bond acceptors (Lipinski definition) is 6. The van der Waals surface area contributed by atoms with Gasteiger partial charge in [-0.3, -0.25) is 9.59 Å². The average molecular weight is 654 g/mol. The van der Waals surface area contributed by atoms with Gasteiger partial charge in [0.25, 0.3) is 0 Å². The summed E-state index contributed by atoms with van der Waals surface area (Å²) in [5.41, 5.74) is 3.52. The van der Waals surface area contributed by atoms with Gasteiger partial charge in [-0.15, -0.1) is 23.8 Å². The third-order valence-corrected chi connectivity index (χ3v) is 5.12. The van der Waals surface area contributed by atoms with Crippen LogP contribution in [0.4, 0.5) is 0 Å². The van der Waals surface area contributed by atoms with Gasteiger partial charge in [0, 0.05) is 33.3 Å². The Kier molecular flexibility index (Phi) is 9.17. The van der Waals surface area contributed by atoms with Crippen LogP contribution in [0.2, 0.25) is 0 Å². The van der Waals surface area contributed by atoms with Crippen LogP contribution in [0.15, 0.2) is 69.7 Å². The number of carbonyl (C=O) groups is 1. The van der Waals surface area contributed by atoms with E-state index in [1.165, 1.54) is 19.9 Å². The van der Waals surface area contributed by atoms with Crippen LogP contribution in [0.5, 0.6) is 5.75 Å². The van der Waals surface area contributed by atoms with Gasteiger partial charge in [-0.1, -0.05) is 26.8 Å². The average Bonchev–Trinajstić information content (AvgIpc) is 2.78. The molecule has 2 heterocycles. The molecule has 2 aromatic heterocycles. The molecule has 7 heteroatoms. The number of ether oxygens (including phenoxy) is 1. The van der Waals surface area contributed by atoms with Gasteiger partial charge in [-0.25, -0.2) is 0 Å². The van der Waals surface area contributed by atoms with E-state index in [2.05, 4.69) is 31.8 Å². The Morgan fingerprint density at radius 3 is 2.34 bits per heavy atom. The van der Waals surface area contributed by atoms with Gasteiger partial charge in [0.05, 0.1) is 23.8 Å². The summed E-state index contributed by atoms with van der Waals surface area (Å²) < 4.78 is 11.2. The van der Waals surface area contributed by atoms with E-state index in [-0.39, 0.29) is 43.5 Å². The molecule has 0 fully saturated rings. The fraction of sp³-hybridized carbons (Fsp3) is 0.250. The molecule has 4 aromatic rings. The predicted molar refractivity (Wildman–Crippen MR) is 134 cm³/mol. The molecule has 0 spiro atoms. The first kappa shape index (κ1) is 28.0. The Hall–Kier alpha value is -3.24. The minimum absolute atomic E-state index is 0. The summed E-state index contributed by atoms with van der Waals surface area (Å²) in [5.74, 6) is 0.640. The molecule has 0 atom stereocenters. The molecular formula is C28H28NO5Pt-. The van der Waals surface area contributed by atoms with Crippen molar-refractivity contribution < 1.29 is 40.1 Å². The van der Waals surface area contributed by atoms with E-state index < -0.39 is 0 Å². The maximum absolute atomic E-state index is 13.2. The summed E-state index contributed by atoms with van der Waals surface area (Å²) >= 11 is 0. The van der Waals surface area contributed by atoms with Crippen molar-refractivity contribution in [2.75, 3.05) is 7.11 Å². The van der Waals surface area contributed by atoms with Crippen LogP contribution >= 0.6 is 0 Å². The molecule has 1 N–H and O–H groups in total. The van der Waals surface area contributed by atoms with Crippen LogP contribution in [0.25, 0.3) is 33.2 Å². The number of hydrogen-bond donors (Lipinski definition) is 1. The fourth-order valence-electron chi connectivity index (χ4n) is 3.39.